The van der Waals surface area contributed by atoms with Gasteiger partial charge in [0.1, 0.15) is 0 Å². The lowest BCUT2D eigenvalue weighted by Gasteiger charge is -2.56. The van der Waals surface area contributed by atoms with Gasteiger partial charge in [0.05, 0.1) is 15.6 Å². The van der Waals surface area contributed by atoms with Crippen molar-refractivity contribution in [2.75, 3.05) is 4.72 Å². The fourth-order valence-electron chi connectivity index (χ4n) is 6.24. The Labute approximate surface area is 188 Å². The predicted molar refractivity (Wildman–Crippen MR) is 122 cm³/mol. The van der Waals surface area contributed by atoms with E-state index in [1.807, 2.05) is 6.92 Å². The van der Waals surface area contributed by atoms with Gasteiger partial charge in [0.2, 0.25) is 0 Å². The zero-order chi connectivity index (χ0) is 21.8. The average Bonchev–Trinajstić information content (AvgIpc) is 2.68. The van der Waals surface area contributed by atoms with E-state index in [9.17, 15) is 13.2 Å². The van der Waals surface area contributed by atoms with E-state index < -0.39 is 10.0 Å². The van der Waals surface area contributed by atoms with Crippen molar-refractivity contribution in [3.63, 3.8) is 0 Å². The summed E-state index contributed by atoms with van der Waals surface area (Å²) in [6, 6.07) is 11.3. The lowest BCUT2D eigenvalue weighted by molar-refractivity contribution is -0.0167. The van der Waals surface area contributed by atoms with Crippen LogP contribution >= 0.6 is 11.6 Å². The molecular formula is C24H27ClN2O3S. The fraction of sp³-hybridized carbons (Fsp3) is 0.458. The number of carbonyl (C=O) groups is 1. The third kappa shape index (κ3) is 4.08. The van der Waals surface area contributed by atoms with Crippen molar-refractivity contribution < 1.29 is 13.2 Å². The molecule has 2 aromatic rings. The molecule has 0 atom stereocenters. The quantitative estimate of drug-likeness (QED) is 0.650. The first-order valence-electron chi connectivity index (χ1n) is 10.9. The van der Waals surface area contributed by atoms with Gasteiger partial charge in [0, 0.05) is 11.1 Å². The van der Waals surface area contributed by atoms with Crippen molar-refractivity contribution in [3.05, 3.63) is 58.6 Å². The van der Waals surface area contributed by atoms with Gasteiger partial charge < -0.3 is 5.32 Å². The van der Waals surface area contributed by atoms with Crippen LogP contribution in [-0.2, 0) is 10.0 Å². The topological polar surface area (TPSA) is 75.3 Å². The summed E-state index contributed by atoms with van der Waals surface area (Å²) in [4.78, 5) is 13.2. The molecular weight excluding hydrogens is 432 g/mol. The van der Waals surface area contributed by atoms with Crippen LogP contribution in [0.4, 0.5) is 5.69 Å². The largest absolute Gasteiger partial charge is 0.347 e. The van der Waals surface area contributed by atoms with Gasteiger partial charge in [-0.1, -0.05) is 29.3 Å². The molecule has 4 aliphatic carbocycles. The van der Waals surface area contributed by atoms with Crippen molar-refractivity contribution in [2.45, 2.75) is 55.9 Å². The van der Waals surface area contributed by atoms with Gasteiger partial charge >= 0.3 is 0 Å². The van der Waals surface area contributed by atoms with Crippen molar-refractivity contribution in [1.82, 2.24) is 5.32 Å². The van der Waals surface area contributed by atoms with Gasteiger partial charge in [-0.2, -0.15) is 0 Å². The van der Waals surface area contributed by atoms with Crippen molar-refractivity contribution in [3.8, 4) is 0 Å². The van der Waals surface area contributed by atoms with E-state index in [4.69, 9.17) is 11.6 Å². The molecule has 4 saturated carbocycles. The van der Waals surface area contributed by atoms with Gasteiger partial charge in [-0.05, 0) is 93.5 Å². The lowest BCUT2D eigenvalue weighted by Crippen LogP contribution is -2.59. The van der Waals surface area contributed by atoms with Crippen LogP contribution in [0.15, 0.2) is 47.4 Å². The standard InChI is InChI=1S/C24H27ClN2O3S/c1-15-2-5-20(6-3-15)31(29,30)27-22-7-4-19(11-21(22)25)23(28)26-24-12-16-8-17(13-24)10-18(9-16)14-24/h2-7,11,16-18,27H,8-10,12-14H2,1H3,(H,26,28). The van der Waals surface area contributed by atoms with Crippen LogP contribution in [0, 0.1) is 24.7 Å². The van der Waals surface area contributed by atoms with Gasteiger partial charge in [-0.25, -0.2) is 8.42 Å². The second-order valence-corrected chi connectivity index (χ2v) is 11.9. The fourth-order valence-corrected chi connectivity index (χ4v) is 7.60. The normalized spacial score (nSPS) is 29.0. The minimum Gasteiger partial charge on any atom is -0.347 e. The molecule has 5 nitrogen and oxygen atoms in total. The highest BCUT2D eigenvalue weighted by Gasteiger charge is 2.51. The Bertz CT molecular complexity index is 1090. The van der Waals surface area contributed by atoms with Crippen LogP contribution in [-0.4, -0.2) is 19.9 Å². The molecule has 0 spiro atoms. The summed E-state index contributed by atoms with van der Waals surface area (Å²) >= 11 is 6.36. The number of sulfonamides is 1. The minimum atomic E-state index is -3.76. The molecule has 6 rings (SSSR count). The maximum absolute atomic E-state index is 13.0. The van der Waals surface area contributed by atoms with Crippen molar-refractivity contribution in [2.24, 2.45) is 17.8 Å². The van der Waals surface area contributed by atoms with Crippen LogP contribution in [0.3, 0.4) is 0 Å². The van der Waals surface area contributed by atoms with Gasteiger partial charge in [0.15, 0.2) is 0 Å². The zero-order valence-electron chi connectivity index (χ0n) is 17.5. The summed E-state index contributed by atoms with van der Waals surface area (Å²) in [5.74, 6) is 2.10. The Morgan fingerprint density at radius 1 is 0.968 bits per heavy atom. The lowest BCUT2D eigenvalue weighted by atomic mass is 9.53. The monoisotopic (exact) mass is 458 g/mol. The van der Waals surface area contributed by atoms with Crippen molar-refractivity contribution >= 4 is 33.2 Å². The van der Waals surface area contributed by atoms with Crippen molar-refractivity contribution in [1.29, 1.82) is 0 Å². The first kappa shape index (κ1) is 20.8. The van der Waals surface area contributed by atoms with Gasteiger partial charge in [-0.3, -0.25) is 9.52 Å². The minimum absolute atomic E-state index is 0.0794. The molecule has 7 heteroatoms. The summed E-state index contributed by atoms with van der Waals surface area (Å²) in [6.07, 6.45) is 7.18. The van der Waals surface area contributed by atoms with Crippen LogP contribution in [0.5, 0.6) is 0 Å². The Hall–Kier alpha value is -2.05. The molecule has 0 unspecified atom stereocenters. The second-order valence-electron chi connectivity index (χ2n) is 9.77. The summed E-state index contributed by atoms with van der Waals surface area (Å²) in [7, 11) is -3.76. The van der Waals surface area contributed by atoms with Crippen LogP contribution in [0.1, 0.15) is 54.4 Å². The molecule has 164 valence electrons. The first-order valence-corrected chi connectivity index (χ1v) is 12.8. The molecule has 1 amide bonds. The highest BCUT2D eigenvalue weighted by atomic mass is 35.5. The van der Waals surface area contributed by atoms with E-state index in [0.29, 0.717) is 5.56 Å². The molecule has 2 aromatic carbocycles. The summed E-state index contributed by atoms with van der Waals surface area (Å²) in [6.45, 7) is 1.90. The van der Waals surface area contributed by atoms with E-state index in [1.54, 1.807) is 42.5 Å². The van der Waals surface area contributed by atoms with E-state index in [2.05, 4.69) is 10.0 Å². The van der Waals surface area contributed by atoms with Gasteiger partial charge in [0.25, 0.3) is 15.9 Å². The molecule has 4 bridgehead atoms. The Balaban J connectivity index is 1.31. The Kier molecular flexibility index (Phi) is 5.05. The number of amides is 1. The number of aryl methyl sites for hydroxylation is 1. The maximum Gasteiger partial charge on any atom is 0.261 e. The number of hydrogen-bond acceptors (Lipinski definition) is 3. The molecule has 0 radical (unpaired) electrons. The van der Waals surface area contributed by atoms with E-state index in [1.165, 1.54) is 19.3 Å². The number of nitrogens with one attached hydrogen (secondary N) is 2. The number of halogens is 1. The predicted octanol–water partition coefficient (Wildman–Crippen LogP) is 5.15. The van der Waals surface area contributed by atoms with Crippen LogP contribution < -0.4 is 10.0 Å². The molecule has 31 heavy (non-hydrogen) atoms. The van der Waals surface area contributed by atoms with Crippen LogP contribution in [0.2, 0.25) is 5.02 Å². The molecule has 0 heterocycles. The average molecular weight is 459 g/mol. The summed E-state index contributed by atoms with van der Waals surface area (Å²) < 4.78 is 27.8. The maximum atomic E-state index is 13.0. The van der Waals surface area contributed by atoms with Gasteiger partial charge in [-0.15, -0.1) is 0 Å². The molecule has 0 saturated heterocycles. The van der Waals surface area contributed by atoms with E-state index >= 15 is 0 Å². The smallest absolute Gasteiger partial charge is 0.261 e. The Morgan fingerprint density at radius 2 is 1.55 bits per heavy atom. The molecule has 4 fully saturated rings. The highest BCUT2D eigenvalue weighted by molar-refractivity contribution is 7.92. The highest BCUT2D eigenvalue weighted by Crippen LogP contribution is 2.55. The summed E-state index contributed by atoms with van der Waals surface area (Å²) in [5, 5.41) is 3.53. The third-order valence-electron chi connectivity index (χ3n) is 7.22. The SMILES string of the molecule is Cc1ccc(S(=O)(=O)Nc2ccc(C(=O)NC34CC5CC(CC(C5)C3)C4)cc2Cl)cc1. The van der Waals surface area contributed by atoms with Crippen LogP contribution in [0.25, 0.3) is 0 Å². The molecule has 4 aliphatic rings. The van der Waals surface area contributed by atoms with E-state index in [-0.39, 0.29) is 27.1 Å². The molecule has 0 aliphatic heterocycles. The molecule has 0 aromatic heterocycles. The number of benzene rings is 2. The zero-order valence-corrected chi connectivity index (χ0v) is 19.1. The number of rotatable bonds is 5. The molecule has 2 N–H and O–H groups in total. The first-order chi connectivity index (χ1) is 14.7. The summed E-state index contributed by atoms with van der Waals surface area (Å²) in [5.41, 5.74) is 1.61. The van der Waals surface area contributed by atoms with E-state index in [0.717, 1.165) is 42.6 Å². The Morgan fingerprint density at radius 3 is 2.10 bits per heavy atom. The number of carbonyl (C=O) groups excluding carboxylic acids is 1. The third-order valence-corrected chi connectivity index (χ3v) is 8.92. The number of hydrogen-bond donors (Lipinski definition) is 2. The second kappa shape index (κ2) is 7.52. The number of anilines is 1.